The van der Waals surface area contributed by atoms with Crippen LogP contribution < -0.4 is 24.3 Å². The third-order valence-electron chi connectivity index (χ3n) is 3.97. The van der Waals surface area contributed by atoms with Gasteiger partial charge in [0.25, 0.3) is 0 Å². The maximum atomic E-state index is 12.1. The van der Waals surface area contributed by atoms with Crippen LogP contribution in [-0.2, 0) is 11.2 Å². The number of amides is 1. The third kappa shape index (κ3) is 4.15. The average Bonchev–Trinajstić information content (AvgIpc) is 3.09. The lowest BCUT2D eigenvalue weighted by molar-refractivity contribution is -0.116. The van der Waals surface area contributed by atoms with Crippen molar-refractivity contribution in [2.45, 2.75) is 19.3 Å². The summed E-state index contributed by atoms with van der Waals surface area (Å²) in [6.07, 6.45) is 1.96. The van der Waals surface area contributed by atoms with Crippen LogP contribution in [0.25, 0.3) is 0 Å². The highest BCUT2D eigenvalue weighted by atomic mass is 16.7. The molecule has 2 aromatic carbocycles. The third-order valence-corrected chi connectivity index (χ3v) is 3.97. The topological polar surface area (TPSA) is 66.0 Å². The van der Waals surface area contributed by atoms with Gasteiger partial charge in [-0.05, 0) is 42.7 Å². The first-order valence-electron chi connectivity index (χ1n) is 8.10. The fourth-order valence-corrected chi connectivity index (χ4v) is 2.69. The van der Waals surface area contributed by atoms with E-state index < -0.39 is 0 Å². The molecule has 132 valence electrons. The molecular weight excluding hydrogens is 322 g/mol. The second kappa shape index (κ2) is 7.79. The van der Waals surface area contributed by atoms with Gasteiger partial charge in [0.05, 0.1) is 14.2 Å². The van der Waals surface area contributed by atoms with Gasteiger partial charge in [-0.25, -0.2) is 0 Å². The van der Waals surface area contributed by atoms with E-state index in [2.05, 4.69) is 5.32 Å². The van der Waals surface area contributed by atoms with E-state index in [1.807, 2.05) is 18.2 Å². The van der Waals surface area contributed by atoms with Crippen LogP contribution in [0.15, 0.2) is 36.4 Å². The predicted octanol–water partition coefficient (Wildman–Crippen LogP) is 3.39. The van der Waals surface area contributed by atoms with E-state index >= 15 is 0 Å². The van der Waals surface area contributed by atoms with Crippen molar-refractivity contribution < 1.29 is 23.7 Å². The number of hydrogen-bond acceptors (Lipinski definition) is 5. The van der Waals surface area contributed by atoms with Gasteiger partial charge in [-0.1, -0.05) is 6.07 Å². The maximum Gasteiger partial charge on any atom is 0.231 e. The zero-order valence-corrected chi connectivity index (χ0v) is 14.3. The summed E-state index contributed by atoms with van der Waals surface area (Å²) in [6, 6.07) is 11.2. The van der Waals surface area contributed by atoms with Crippen molar-refractivity contribution >= 4 is 11.6 Å². The Balaban J connectivity index is 1.49. The lowest BCUT2D eigenvalue weighted by atomic mass is 10.1. The first-order chi connectivity index (χ1) is 12.2. The number of methoxy groups -OCH3 is 2. The van der Waals surface area contributed by atoms with Crippen molar-refractivity contribution in [3.05, 3.63) is 42.0 Å². The number of aryl methyl sites for hydroxylation is 1. The fourth-order valence-electron chi connectivity index (χ4n) is 2.69. The van der Waals surface area contributed by atoms with E-state index in [1.165, 1.54) is 0 Å². The standard InChI is InChI=1S/C19H21NO5/c1-22-15-8-6-13(10-17(15)23-2)4-3-5-19(21)20-14-7-9-16-18(11-14)25-12-24-16/h6-11H,3-5,12H2,1-2H3,(H,20,21). The van der Waals surface area contributed by atoms with Crippen molar-refractivity contribution in [2.75, 3.05) is 26.3 Å². The van der Waals surface area contributed by atoms with E-state index in [0.717, 1.165) is 18.4 Å². The molecule has 1 N–H and O–H groups in total. The van der Waals surface area contributed by atoms with E-state index in [1.54, 1.807) is 32.4 Å². The van der Waals surface area contributed by atoms with Crippen LogP contribution in [0.5, 0.6) is 23.0 Å². The largest absolute Gasteiger partial charge is 0.493 e. The van der Waals surface area contributed by atoms with Gasteiger partial charge >= 0.3 is 0 Å². The molecule has 25 heavy (non-hydrogen) atoms. The lowest BCUT2D eigenvalue weighted by Crippen LogP contribution is -2.11. The molecule has 0 spiro atoms. The van der Waals surface area contributed by atoms with Gasteiger partial charge in [-0.3, -0.25) is 4.79 Å². The number of anilines is 1. The monoisotopic (exact) mass is 343 g/mol. The second-order valence-corrected chi connectivity index (χ2v) is 5.66. The van der Waals surface area contributed by atoms with E-state index in [9.17, 15) is 4.79 Å². The molecule has 0 saturated heterocycles. The highest BCUT2D eigenvalue weighted by Gasteiger charge is 2.14. The van der Waals surface area contributed by atoms with Gasteiger partial charge in [-0.2, -0.15) is 0 Å². The van der Waals surface area contributed by atoms with Gasteiger partial charge in [0.1, 0.15) is 0 Å². The first-order valence-corrected chi connectivity index (χ1v) is 8.10. The minimum atomic E-state index is -0.0284. The molecule has 0 aliphatic carbocycles. The second-order valence-electron chi connectivity index (χ2n) is 5.66. The smallest absolute Gasteiger partial charge is 0.231 e. The normalized spacial score (nSPS) is 11.9. The van der Waals surface area contributed by atoms with E-state index in [0.29, 0.717) is 35.1 Å². The molecule has 0 fully saturated rings. The van der Waals surface area contributed by atoms with Crippen LogP contribution in [-0.4, -0.2) is 26.9 Å². The Labute approximate surface area is 146 Å². The molecule has 0 saturated carbocycles. The Kier molecular flexibility index (Phi) is 5.28. The van der Waals surface area contributed by atoms with Crippen molar-refractivity contribution in [3.63, 3.8) is 0 Å². The highest BCUT2D eigenvalue weighted by molar-refractivity contribution is 5.91. The zero-order chi connectivity index (χ0) is 17.6. The molecule has 3 rings (SSSR count). The Morgan fingerprint density at radius 3 is 2.64 bits per heavy atom. The van der Waals surface area contributed by atoms with Gasteiger partial charge in [0.15, 0.2) is 23.0 Å². The maximum absolute atomic E-state index is 12.1. The molecule has 6 heteroatoms. The Bertz CT molecular complexity index is 759. The molecule has 0 bridgehead atoms. The Morgan fingerprint density at radius 2 is 1.84 bits per heavy atom. The van der Waals surface area contributed by atoms with Crippen LogP contribution in [0.1, 0.15) is 18.4 Å². The number of benzene rings is 2. The van der Waals surface area contributed by atoms with Gasteiger partial charge in [-0.15, -0.1) is 0 Å². The highest BCUT2D eigenvalue weighted by Crippen LogP contribution is 2.34. The summed E-state index contributed by atoms with van der Waals surface area (Å²) in [4.78, 5) is 12.1. The predicted molar refractivity (Wildman–Crippen MR) is 93.7 cm³/mol. The van der Waals surface area contributed by atoms with E-state index in [-0.39, 0.29) is 12.7 Å². The van der Waals surface area contributed by atoms with Crippen molar-refractivity contribution in [2.24, 2.45) is 0 Å². The molecule has 0 unspecified atom stereocenters. The molecule has 0 radical (unpaired) electrons. The van der Waals surface area contributed by atoms with Crippen LogP contribution in [0.3, 0.4) is 0 Å². The van der Waals surface area contributed by atoms with Crippen molar-refractivity contribution in [1.82, 2.24) is 0 Å². The van der Waals surface area contributed by atoms with Gasteiger partial charge < -0.3 is 24.3 Å². The van der Waals surface area contributed by atoms with Crippen LogP contribution >= 0.6 is 0 Å². The summed E-state index contributed by atoms with van der Waals surface area (Å²) >= 11 is 0. The van der Waals surface area contributed by atoms with E-state index in [4.69, 9.17) is 18.9 Å². The summed E-state index contributed by atoms with van der Waals surface area (Å²) in [5.74, 6) is 2.73. The molecule has 1 heterocycles. The Hall–Kier alpha value is -2.89. The number of ether oxygens (including phenoxy) is 4. The lowest BCUT2D eigenvalue weighted by Gasteiger charge is -2.10. The number of rotatable bonds is 7. The number of carbonyl (C=O) groups is 1. The Morgan fingerprint density at radius 1 is 1.04 bits per heavy atom. The molecular formula is C19H21NO5. The first kappa shape index (κ1) is 17.0. The summed E-state index contributed by atoms with van der Waals surface area (Å²) in [7, 11) is 3.22. The minimum Gasteiger partial charge on any atom is -0.493 e. The molecule has 0 aromatic heterocycles. The number of hydrogen-bond donors (Lipinski definition) is 1. The SMILES string of the molecule is COc1ccc(CCCC(=O)Nc2ccc3c(c2)OCO3)cc1OC. The van der Waals surface area contributed by atoms with Crippen molar-refractivity contribution in [1.29, 1.82) is 0 Å². The number of fused-ring (bicyclic) bond motifs is 1. The van der Waals surface area contributed by atoms with Crippen LogP contribution in [0, 0.1) is 0 Å². The molecule has 2 aromatic rings. The zero-order valence-electron chi connectivity index (χ0n) is 14.3. The van der Waals surface area contributed by atoms with Gasteiger partial charge in [0, 0.05) is 18.2 Å². The average molecular weight is 343 g/mol. The quantitative estimate of drug-likeness (QED) is 0.835. The summed E-state index contributed by atoms with van der Waals surface area (Å²) in [5.41, 5.74) is 1.81. The molecule has 1 aliphatic heterocycles. The summed E-state index contributed by atoms with van der Waals surface area (Å²) in [6.45, 7) is 0.220. The molecule has 1 aliphatic rings. The van der Waals surface area contributed by atoms with Crippen molar-refractivity contribution in [3.8, 4) is 23.0 Å². The number of carbonyl (C=O) groups excluding carboxylic acids is 1. The molecule has 1 amide bonds. The molecule has 0 atom stereocenters. The van der Waals surface area contributed by atoms with Crippen LogP contribution in [0.2, 0.25) is 0 Å². The van der Waals surface area contributed by atoms with Gasteiger partial charge in [0.2, 0.25) is 12.7 Å². The number of nitrogens with one attached hydrogen (secondary N) is 1. The summed E-state index contributed by atoms with van der Waals surface area (Å²) < 4.78 is 21.1. The fraction of sp³-hybridized carbons (Fsp3) is 0.316. The summed E-state index contributed by atoms with van der Waals surface area (Å²) in [5, 5.41) is 2.88. The minimum absolute atomic E-state index is 0.0284. The molecule has 6 nitrogen and oxygen atoms in total. The van der Waals surface area contributed by atoms with Crippen LogP contribution in [0.4, 0.5) is 5.69 Å².